The van der Waals surface area contributed by atoms with E-state index in [-0.39, 0.29) is 17.7 Å². The Morgan fingerprint density at radius 1 is 1.29 bits per heavy atom. The summed E-state index contributed by atoms with van der Waals surface area (Å²) in [6, 6.07) is 0. The van der Waals surface area contributed by atoms with Gasteiger partial charge >= 0.3 is 0 Å². The van der Waals surface area contributed by atoms with Crippen molar-refractivity contribution < 1.29 is 5.11 Å². The third-order valence-electron chi connectivity index (χ3n) is 3.50. The van der Waals surface area contributed by atoms with Gasteiger partial charge in [-0.1, -0.05) is 0 Å². The summed E-state index contributed by atoms with van der Waals surface area (Å²) >= 11 is 0. The van der Waals surface area contributed by atoms with E-state index in [2.05, 4.69) is 31.0 Å². The molecule has 0 radical (unpaired) electrons. The van der Waals surface area contributed by atoms with Gasteiger partial charge in [0.1, 0.15) is 0 Å². The summed E-state index contributed by atoms with van der Waals surface area (Å²) in [4.78, 5) is 2.48. The zero-order valence-electron chi connectivity index (χ0n) is 9.93. The van der Waals surface area contributed by atoms with E-state index in [1.54, 1.807) is 0 Å². The lowest BCUT2D eigenvalue weighted by Gasteiger charge is -2.45. The Bertz CT molecular complexity index is 172. The molecule has 3 nitrogen and oxygen atoms in total. The first-order chi connectivity index (χ1) is 6.43. The van der Waals surface area contributed by atoms with E-state index in [4.69, 9.17) is 0 Å². The maximum absolute atomic E-state index is 9.35. The van der Waals surface area contributed by atoms with E-state index in [0.717, 1.165) is 25.9 Å². The highest BCUT2D eigenvalue weighted by Gasteiger charge is 2.35. The molecule has 0 bridgehead atoms. The van der Waals surface area contributed by atoms with Gasteiger partial charge in [-0.2, -0.15) is 0 Å². The fourth-order valence-corrected chi connectivity index (χ4v) is 2.09. The van der Waals surface area contributed by atoms with E-state index < -0.39 is 0 Å². The summed E-state index contributed by atoms with van der Waals surface area (Å²) < 4.78 is 0. The molecule has 14 heavy (non-hydrogen) atoms. The number of rotatable bonds is 2. The molecule has 2 N–H and O–H groups in total. The van der Waals surface area contributed by atoms with Crippen LogP contribution in [0, 0.1) is 0 Å². The lowest BCUT2D eigenvalue weighted by Crippen LogP contribution is -2.57. The van der Waals surface area contributed by atoms with Crippen LogP contribution in [0.1, 0.15) is 33.6 Å². The average Bonchev–Trinajstić information content (AvgIpc) is 2.16. The predicted octanol–water partition coefficient (Wildman–Crippen LogP) is 0.831. The second-order valence-electron chi connectivity index (χ2n) is 5.35. The molecule has 0 aromatic rings. The molecule has 0 aromatic carbocycles. The molecule has 1 rings (SSSR count). The van der Waals surface area contributed by atoms with Gasteiger partial charge < -0.3 is 10.4 Å². The van der Waals surface area contributed by atoms with Crippen LogP contribution in [0.2, 0.25) is 0 Å². The van der Waals surface area contributed by atoms with Crippen molar-refractivity contribution in [1.82, 2.24) is 10.2 Å². The second kappa shape index (κ2) is 4.17. The molecule has 84 valence electrons. The van der Waals surface area contributed by atoms with Gasteiger partial charge in [0.15, 0.2) is 0 Å². The standard InChI is InChI=1S/C11H24N2O/c1-10(2,3)13-7-5-11(9-14,12-4)6-8-13/h12,14H,5-9H2,1-4H3. The summed E-state index contributed by atoms with van der Waals surface area (Å²) in [5.41, 5.74) is 0.233. The molecule has 0 saturated carbocycles. The molecule has 0 amide bonds. The zero-order chi connectivity index (χ0) is 10.8. The van der Waals surface area contributed by atoms with Crippen LogP contribution in [-0.2, 0) is 0 Å². The Hall–Kier alpha value is -0.120. The molecule has 0 spiro atoms. The fourth-order valence-electron chi connectivity index (χ4n) is 2.09. The molecule has 1 saturated heterocycles. The number of likely N-dealkylation sites (tertiary alicyclic amines) is 1. The first-order valence-electron chi connectivity index (χ1n) is 5.48. The van der Waals surface area contributed by atoms with Gasteiger partial charge in [0.25, 0.3) is 0 Å². The van der Waals surface area contributed by atoms with Gasteiger partial charge in [-0.25, -0.2) is 0 Å². The summed E-state index contributed by atoms with van der Waals surface area (Å²) in [6.07, 6.45) is 2.08. The first-order valence-corrected chi connectivity index (χ1v) is 5.48. The highest BCUT2D eigenvalue weighted by Crippen LogP contribution is 2.26. The minimum Gasteiger partial charge on any atom is -0.394 e. The molecule has 0 atom stereocenters. The van der Waals surface area contributed by atoms with Crippen molar-refractivity contribution in [1.29, 1.82) is 0 Å². The van der Waals surface area contributed by atoms with Crippen LogP contribution < -0.4 is 5.32 Å². The van der Waals surface area contributed by atoms with Crippen LogP contribution in [0.15, 0.2) is 0 Å². The van der Waals surface area contributed by atoms with Crippen LogP contribution in [0.4, 0.5) is 0 Å². The summed E-state index contributed by atoms with van der Waals surface area (Å²) in [5.74, 6) is 0. The topological polar surface area (TPSA) is 35.5 Å². The van der Waals surface area contributed by atoms with Crippen LogP contribution in [0.3, 0.4) is 0 Å². The quantitative estimate of drug-likeness (QED) is 0.693. The maximum Gasteiger partial charge on any atom is 0.0614 e. The molecule has 1 fully saturated rings. The number of aliphatic hydroxyl groups excluding tert-OH is 1. The minimum absolute atomic E-state index is 0.0260. The Morgan fingerprint density at radius 2 is 1.79 bits per heavy atom. The summed E-state index contributed by atoms with van der Waals surface area (Å²) in [6.45, 7) is 9.15. The van der Waals surface area contributed by atoms with Gasteiger partial charge in [0, 0.05) is 24.2 Å². The van der Waals surface area contributed by atoms with Gasteiger partial charge in [0.2, 0.25) is 0 Å². The summed E-state index contributed by atoms with van der Waals surface area (Å²) in [7, 11) is 1.95. The summed E-state index contributed by atoms with van der Waals surface area (Å²) in [5, 5.41) is 12.6. The molecule has 0 unspecified atom stereocenters. The van der Waals surface area contributed by atoms with Crippen molar-refractivity contribution in [2.45, 2.75) is 44.7 Å². The molecule has 1 heterocycles. The molecule has 1 aliphatic rings. The normalized spacial score (nSPS) is 23.8. The number of hydrogen-bond donors (Lipinski definition) is 2. The van der Waals surface area contributed by atoms with Crippen LogP contribution in [0.25, 0.3) is 0 Å². The SMILES string of the molecule is CNC1(CO)CCN(C(C)(C)C)CC1. The zero-order valence-corrected chi connectivity index (χ0v) is 9.93. The van der Waals surface area contributed by atoms with Crippen molar-refractivity contribution in [2.24, 2.45) is 0 Å². The Balaban J connectivity index is 2.53. The predicted molar refractivity (Wildman–Crippen MR) is 59.4 cm³/mol. The van der Waals surface area contributed by atoms with Gasteiger partial charge in [-0.3, -0.25) is 4.90 Å². The average molecular weight is 200 g/mol. The minimum atomic E-state index is -0.0260. The number of likely N-dealkylation sites (N-methyl/N-ethyl adjacent to an activating group) is 1. The lowest BCUT2D eigenvalue weighted by atomic mass is 9.86. The largest absolute Gasteiger partial charge is 0.394 e. The van der Waals surface area contributed by atoms with E-state index in [1.165, 1.54) is 0 Å². The van der Waals surface area contributed by atoms with E-state index in [9.17, 15) is 5.11 Å². The van der Waals surface area contributed by atoms with Crippen molar-refractivity contribution in [3.8, 4) is 0 Å². The van der Waals surface area contributed by atoms with Gasteiger partial charge in [-0.15, -0.1) is 0 Å². The Morgan fingerprint density at radius 3 is 2.07 bits per heavy atom. The van der Waals surface area contributed by atoms with Crippen molar-refractivity contribution in [2.75, 3.05) is 26.7 Å². The maximum atomic E-state index is 9.35. The molecule has 1 aliphatic heterocycles. The molecule has 0 aliphatic carbocycles. The van der Waals surface area contributed by atoms with Crippen molar-refractivity contribution in [3.05, 3.63) is 0 Å². The number of hydrogen-bond acceptors (Lipinski definition) is 3. The number of nitrogens with zero attached hydrogens (tertiary/aromatic N) is 1. The number of nitrogens with one attached hydrogen (secondary N) is 1. The fraction of sp³-hybridized carbons (Fsp3) is 1.00. The number of aliphatic hydroxyl groups is 1. The molecule has 0 aromatic heterocycles. The first kappa shape index (κ1) is 12.0. The molecule has 3 heteroatoms. The third kappa shape index (κ3) is 2.47. The highest BCUT2D eigenvalue weighted by molar-refractivity contribution is 4.94. The highest BCUT2D eigenvalue weighted by atomic mass is 16.3. The molecular weight excluding hydrogens is 176 g/mol. The van der Waals surface area contributed by atoms with Crippen molar-refractivity contribution >= 4 is 0 Å². The lowest BCUT2D eigenvalue weighted by molar-refractivity contribution is 0.0393. The van der Waals surface area contributed by atoms with Gasteiger partial charge in [-0.05, 0) is 40.7 Å². The molecular formula is C11H24N2O. The smallest absolute Gasteiger partial charge is 0.0614 e. The van der Waals surface area contributed by atoms with E-state index in [0.29, 0.717) is 0 Å². The Kier molecular flexibility index (Phi) is 3.56. The van der Waals surface area contributed by atoms with Crippen LogP contribution in [-0.4, -0.2) is 47.8 Å². The number of piperidine rings is 1. The van der Waals surface area contributed by atoms with E-state index in [1.807, 2.05) is 7.05 Å². The van der Waals surface area contributed by atoms with Crippen LogP contribution in [0.5, 0.6) is 0 Å². The van der Waals surface area contributed by atoms with Gasteiger partial charge in [0.05, 0.1) is 6.61 Å². The second-order valence-corrected chi connectivity index (χ2v) is 5.35. The monoisotopic (exact) mass is 200 g/mol. The van der Waals surface area contributed by atoms with Crippen molar-refractivity contribution in [3.63, 3.8) is 0 Å². The van der Waals surface area contributed by atoms with Crippen LogP contribution >= 0.6 is 0 Å². The van der Waals surface area contributed by atoms with E-state index >= 15 is 0 Å². The Labute approximate surface area is 87.5 Å². The third-order valence-corrected chi connectivity index (χ3v) is 3.50.